The summed E-state index contributed by atoms with van der Waals surface area (Å²) in [6.07, 6.45) is 1.65. The van der Waals surface area contributed by atoms with Gasteiger partial charge in [0, 0.05) is 58.0 Å². The molecule has 2 aliphatic rings. The normalized spacial score (nSPS) is 17.6. The van der Waals surface area contributed by atoms with Crippen LogP contribution in [-0.2, 0) is 0 Å². The summed E-state index contributed by atoms with van der Waals surface area (Å²) in [5.41, 5.74) is 4.95. The van der Waals surface area contributed by atoms with Crippen LogP contribution in [0.2, 0.25) is 0 Å². The zero-order valence-corrected chi connectivity index (χ0v) is 21.5. The minimum absolute atomic E-state index is 0.128. The number of likely N-dealkylation sites (N-methyl/N-ethyl adjacent to an activating group) is 1. The van der Waals surface area contributed by atoms with Gasteiger partial charge >= 0.3 is 0 Å². The van der Waals surface area contributed by atoms with E-state index in [0.29, 0.717) is 0 Å². The second-order valence-corrected chi connectivity index (χ2v) is 10.4. The molecule has 3 aromatic rings. The lowest BCUT2D eigenvalue weighted by atomic mass is 10.1. The molecule has 34 heavy (non-hydrogen) atoms. The number of rotatable bonds is 4. The first-order valence-corrected chi connectivity index (χ1v) is 13.1. The molecule has 2 aromatic heterocycles. The number of aromatic nitrogens is 2. The number of anilines is 2. The van der Waals surface area contributed by atoms with Crippen molar-refractivity contribution in [3.63, 3.8) is 0 Å². The highest BCUT2D eigenvalue weighted by Gasteiger charge is 2.28. The van der Waals surface area contributed by atoms with Crippen molar-refractivity contribution in [2.75, 3.05) is 68.7 Å². The zero-order chi connectivity index (χ0) is 23.8. The smallest absolute Gasteiger partial charge is 0.264 e. The number of aryl methyl sites for hydroxylation is 2. The van der Waals surface area contributed by atoms with Crippen LogP contribution >= 0.6 is 11.3 Å². The molecule has 2 fully saturated rings. The average Bonchev–Trinajstić information content (AvgIpc) is 3.22. The van der Waals surface area contributed by atoms with Gasteiger partial charge in [0.15, 0.2) is 0 Å². The van der Waals surface area contributed by atoms with E-state index in [0.717, 1.165) is 85.4 Å². The van der Waals surface area contributed by atoms with E-state index in [4.69, 9.17) is 0 Å². The van der Waals surface area contributed by atoms with Crippen molar-refractivity contribution < 1.29 is 4.79 Å². The Kier molecular flexibility index (Phi) is 6.44. The van der Waals surface area contributed by atoms with Crippen LogP contribution < -0.4 is 9.80 Å². The summed E-state index contributed by atoms with van der Waals surface area (Å²) in [4.78, 5) is 33.7. The molecule has 0 atom stereocenters. The third-order valence-corrected chi connectivity index (χ3v) is 8.69. The van der Waals surface area contributed by atoms with Crippen molar-refractivity contribution in [3.8, 4) is 0 Å². The number of carbonyl (C=O) groups excluding carboxylic acids is 1. The van der Waals surface area contributed by atoms with Crippen molar-refractivity contribution in [2.45, 2.75) is 27.7 Å². The van der Waals surface area contributed by atoms with E-state index < -0.39 is 0 Å². The third-order valence-electron chi connectivity index (χ3n) is 7.50. The van der Waals surface area contributed by atoms with E-state index in [2.05, 4.69) is 70.6 Å². The van der Waals surface area contributed by atoms with E-state index in [9.17, 15) is 4.79 Å². The van der Waals surface area contributed by atoms with Crippen molar-refractivity contribution in [1.29, 1.82) is 0 Å². The standard InChI is InChI=1S/C26H34N6OS/c1-5-29-9-11-31(12-10-29)24-22-20(4)23(34-25(22)28-17-27-24)26(33)32-15-13-30(14-16-32)21-8-6-7-18(2)19(21)3/h6-8,17H,5,9-16H2,1-4H3. The predicted octanol–water partition coefficient (Wildman–Crippen LogP) is 3.72. The molecule has 0 aliphatic carbocycles. The minimum Gasteiger partial charge on any atom is -0.368 e. The van der Waals surface area contributed by atoms with Gasteiger partial charge in [0.05, 0.1) is 10.3 Å². The summed E-state index contributed by atoms with van der Waals surface area (Å²) >= 11 is 1.52. The molecule has 2 aliphatic heterocycles. The molecule has 0 bridgehead atoms. The number of carbonyl (C=O) groups is 1. The summed E-state index contributed by atoms with van der Waals surface area (Å²) in [5, 5.41) is 1.05. The third kappa shape index (κ3) is 4.14. The lowest BCUT2D eigenvalue weighted by Crippen LogP contribution is -2.49. The molecule has 0 unspecified atom stereocenters. The van der Waals surface area contributed by atoms with Crippen LogP contribution in [0.3, 0.4) is 0 Å². The molecule has 180 valence electrons. The van der Waals surface area contributed by atoms with E-state index >= 15 is 0 Å². The van der Waals surface area contributed by atoms with Gasteiger partial charge in [-0.2, -0.15) is 0 Å². The van der Waals surface area contributed by atoms with Crippen molar-refractivity contribution in [2.24, 2.45) is 0 Å². The number of benzene rings is 1. The van der Waals surface area contributed by atoms with E-state index in [-0.39, 0.29) is 5.91 Å². The quantitative estimate of drug-likeness (QED) is 0.570. The largest absolute Gasteiger partial charge is 0.368 e. The highest BCUT2D eigenvalue weighted by atomic mass is 32.1. The van der Waals surface area contributed by atoms with Crippen molar-refractivity contribution >= 4 is 39.0 Å². The molecule has 7 nitrogen and oxygen atoms in total. The van der Waals surface area contributed by atoms with Crippen LogP contribution in [0.1, 0.15) is 33.3 Å². The van der Waals surface area contributed by atoms with Gasteiger partial charge in [0.1, 0.15) is 17.0 Å². The van der Waals surface area contributed by atoms with Crippen molar-refractivity contribution in [1.82, 2.24) is 19.8 Å². The lowest BCUT2D eigenvalue weighted by Gasteiger charge is -2.37. The van der Waals surface area contributed by atoms with Crippen molar-refractivity contribution in [3.05, 3.63) is 46.1 Å². The first kappa shape index (κ1) is 23.1. The molecule has 8 heteroatoms. The number of hydrogen-bond acceptors (Lipinski definition) is 7. The minimum atomic E-state index is 0.128. The van der Waals surface area contributed by atoms with E-state index in [1.165, 1.54) is 28.2 Å². The molecular weight excluding hydrogens is 444 g/mol. The first-order chi connectivity index (χ1) is 16.5. The summed E-state index contributed by atoms with van der Waals surface area (Å²) in [6.45, 7) is 16.9. The fourth-order valence-electron chi connectivity index (χ4n) is 5.14. The van der Waals surface area contributed by atoms with Gasteiger partial charge in [0.25, 0.3) is 5.91 Å². The van der Waals surface area contributed by atoms with Crippen LogP contribution in [0.5, 0.6) is 0 Å². The van der Waals surface area contributed by atoms with Gasteiger partial charge in [-0.1, -0.05) is 19.1 Å². The first-order valence-electron chi connectivity index (χ1n) is 12.3. The Labute approximate surface area is 206 Å². The van der Waals surface area contributed by atoms with Gasteiger partial charge in [-0.05, 0) is 50.1 Å². The Morgan fingerprint density at radius 3 is 2.32 bits per heavy atom. The van der Waals surface area contributed by atoms with Gasteiger partial charge in [0.2, 0.25) is 0 Å². The average molecular weight is 479 g/mol. The number of fused-ring (bicyclic) bond motifs is 1. The monoisotopic (exact) mass is 478 g/mol. The molecule has 2 saturated heterocycles. The molecule has 1 aromatic carbocycles. The number of piperazine rings is 2. The number of nitrogens with zero attached hydrogens (tertiary/aromatic N) is 6. The molecule has 0 radical (unpaired) electrons. The molecule has 1 amide bonds. The van der Waals surface area contributed by atoms with E-state index in [1.54, 1.807) is 6.33 Å². The summed E-state index contributed by atoms with van der Waals surface area (Å²) in [7, 11) is 0. The number of thiophene rings is 1. The van der Waals surface area contributed by atoms with E-state index in [1.807, 2.05) is 4.90 Å². The number of hydrogen-bond donors (Lipinski definition) is 0. The predicted molar refractivity (Wildman–Crippen MR) is 141 cm³/mol. The molecule has 4 heterocycles. The second kappa shape index (κ2) is 9.50. The second-order valence-electron chi connectivity index (χ2n) is 9.35. The molecule has 0 spiro atoms. The summed E-state index contributed by atoms with van der Waals surface area (Å²) in [5.74, 6) is 1.11. The fraction of sp³-hybridized carbons (Fsp3) is 0.500. The Hall–Kier alpha value is -2.71. The van der Waals surface area contributed by atoms with Crippen LogP contribution in [-0.4, -0.2) is 84.6 Å². The maximum Gasteiger partial charge on any atom is 0.264 e. The van der Waals surface area contributed by atoms with Gasteiger partial charge < -0.3 is 19.6 Å². The summed E-state index contributed by atoms with van der Waals surface area (Å²) in [6, 6.07) is 6.47. The van der Waals surface area contributed by atoms with Crippen LogP contribution in [0.25, 0.3) is 10.2 Å². The van der Waals surface area contributed by atoms with Crippen LogP contribution in [0, 0.1) is 20.8 Å². The SMILES string of the molecule is CCN1CCN(c2ncnc3sc(C(=O)N4CCN(c5cccc(C)c5C)CC4)c(C)c23)CC1. The Balaban J connectivity index is 1.34. The molecule has 5 rings (SSSR count). The Bertz CT molecular complexity index is 1190. The highest BCUT2D eigenvalue weighted by Crippen LogP contribution is 2.36. The lowest BCUT2D eigenvalue weighted by molar-refractivity contribution is 0.0751. The zero-order valence-electron chi connectivity index (χ0n) is 20.7. The number of amides is 1. The van der Waals surface area contributed by atoms with Gasteiger partial charge in [-0.3, -0.25) is 4.79 Å². The van der Waals surface area contributed by atoms with Crippen LogP contribution in [0.15, 0.2) is 24.5 Å². The Morgan fingerprint density at radius 1 is 0.912 bits per heavy atom. The maximum absolute atomic E-state index is 13.6. The molecule has 0 N–H and O–H groups in total. The fourth-order valence-corrected chi connectivity index (χ4v) is 6.26. The summed E-state index contributed by atoms with van der Waals surface area (Å²) < 4.78 is 0. The topological polar surface area (TPSA) is 55.8 Å². The van der Waals surface area contributed by atoms with Gasteiger partial charge in [-0.15, -0.1) is 11.3 Å². The highest BCUT2D eigenvalue weighted by molar-refractivity contribution is 7.20. The van der Waals surface area contributed by atoms with Crippen LogP contribution in [0.4, 0.5) is 11.5 Å². The Morgan fingerprint density at radius 2 is 1.62 bits per heavy atom. The molecular formula is C26H34N6OS. The molecule has 0 saturated carbocycles. The maximum atomic E-state index is 13.6. The van der Waals surface area contributed by atoms with Gasteiger partial charge in [-0.25, -0.2) is 9.97 Å².